The Morgan fingerprint density at radius 3 is 2.71 bits per heavy atom. The van der Waals surface area contributed by atoms with Crippen molar-refractivity contribution in [1.82, 2.24) is 24.1 Å². The van der Waals surface area contributed by atoms with Crippen LogP contribution in [0, 0.1) is 13.8 Å². The number of aromatic nitrogens is 4. The van der Waals surface area contributed by atoms with Crippen molar-refractivity contribution >= 4 is 45.7 Å². The van der Waals surface area contributed by atoms with Crippen molar-refractivity contribution in [2.75, 3.05) is 12.8 Å². The molecule has 3 heterocycles. The lowest BCUT2D eigenvalue weighted by Crippen LogP contribution is -2.27. The maximum atomic E-state index is 13.5. The Balaban J connectivity index is 1.56. The molecule has 0 unspecified atom stereocenters. The molecule has 5 aromatic rings. The Kier molecular flexibility index (Phi) is 5.97. The van der Waals surface area contributed by atoms with E-state index < -0.39 is 0 Å². The van der Waals surface area contributed by atoms with Crippen molar-refractivity contribution in [3.63, 3.8) is 0 Å². The van der Waals surface area contributed by atoms with Crippen LogP contribution in [0.15, 0.2) is 69.2 Å². The fourth-order valence-electron chi connectivity index (χ4n) is 4.03. The van der Waals surface area contributed by atoms with E-state index in [1.54, 1.807) is 27.9 Å². The van der Waals surface area contributed by atoms with Gasteiger partial charge >= 0.3 is 0 Å². The van der Waals surface area contributed by atoms with Gasteiger partial charge in [-0.25, -0.2) is 4.57 Å². The monoisotopic (exact) mass is 489 g/mol. The molecule has 0 saturated heterocycles. The second-order valence-corrected chi connectivity index (χ2v) is 9.96. The number of aryl methyl sites for hydroxylation is 2. The molecule has 3 aromatic heterocycles. The third kappa shape index (κ3) is 4.01. The number of nitrogens with zero attached hydrogens (tertiary/aromatic N) is 5. The van der Waals surface area contributed by atoms with Crippen LogP contribution in [0.2, 0.25) is 0 Å². The SMILES string of the molecule is Cc1ccc(-n2c(=O)c3ccccc3n3c(SCC(=O)N(C)Cc4ccsc4)nnc23)c(C)c1. The first-order valence-corrected chi connectivity index (χ1v) is 12.7. The normalized spacial score (nSPS) is 11.4. The van der Waals surface area contributed by atoms with Gasteiger partial charge in [0.05, 0.1) is 22.3 Å². The Hall–Kier alpha value is -3.43. The summed E-state index contributed by atoms with van der Waals surface area (Å²) in [6, 6.07) is 15.4. The Morgan fingerprint density at radius 2 is 1.94 bits per heavy atom. The molecule has 0 spiro atoms. The van der Waals surface area contributed by atoms with Crippen LogP contribution < -0.4 is 5.56 Å². The predicted octanol–water partition coefficient (Wildman–Crippen LogP) is 4.46. The van der Waals surface area contributed by atoms with E-state index in [1.165, 1.54) is 11.8 Å². The molecule has 0 aliphatic carbocycles. The van der Waals surface area contributed by atoms with E-state index in [4.69, 9.17) is 0 Å². The molecule has 172 valence electrons. The zero-order valence-electron chi connectivity index (χ0n) is 19.1. The highest BCUT2D eigenvalue weighted by atomic mass is 32.2. The summed E-state index contributed by atoms with van der Waals surface area (Å²) in [5, 5.41) is 13.9. The molecule has 7 nitrogen and oxygen atoms in total. The van der Waals surface area contributed by atoms with Crippen molar-refractivity contribution in [3.8, 4) is 5.69 Å². The van der Waals surface area contributed by atoms with Gasteiger partial charge in [-0.2, -0.15) is 11.3 Å². The molecular weight excluding hydrogens is 466 g/mol. The number of rotatable bonds is 6. The third-order valence-electron chi connectivity index (χ3n) is 5.74. The number of carbonyl (C=O) groups is 1. The highest BCUT2D eigenvalue weighted by Gasteiger charge is 2.20. The number of thiophene rings is 1. The van der Waals surface area contributed by atoms with Gasteiger partial charge in [-0.15, -0.1) is 10.2 Å². The summed E-state index contributed by atoms with van der Waals surface area (Å²) < 4.78 is 3.48. The molecule has 0 aliphatic rings. The van der Waals surface area contributed by atoms with E-state index in [2.05, 4.69) is 10.2 Å². The van der Waals surface area contributed by atoms with Gasteiger partial charge in [0, 0.05) is 13.6 Å². The van der Waals surface area contributed by atoms with Crippen LogP contribution in [-0.4, -0.2) is 42.8 Å². The van der Waals surface area contributed by atoms with Crippen LogP contribution >= 0.6 is 23.1 Å². The average Bonchev–Trinajstić information content (AvgIpc) is 3.49. The molecule has 0 bridgehead atoms. The Bertz CT molecular complexity index is 1570. The zero-order chi connectivity index (χ0) is 23.8. The van der Waals surface area contributed by atoms with Crippen LogP contribution in [0.3, 0.4) is 0 Å². The van der Waals surface area contributed by atoms with E-state index in [1.807, 2.05) is 77.5 Å². The molecule has 0 atom stereocenters. The maximum Gasteiger partial charge on any atom is 0.267 e. The standard InChI is InChI=1S/C25H23N5O2S2/c1-16-8-9-20(17(2)12-16)29-23(32)19-6-4-5-7-21(19)30-24(29)26-27-25(30)34-15-22(31)28(3)13-18-10-11-33-14-18/h4-12,14H,13,15H2,1-3H3. The predicted molar refractivity (Wildman–Crippen MR) is 137 cm³/mol. The average molecular weight is 490 g/mol. The lowest BCUT2D eigenvalue weighted by Gasteiger charge is -2.16. The molecule has 0 N–H and O–H groups in total. The molecule has 1 amide bonds. The van der Waals surface area contributed by atoms with Gasteiger partial charge in [-0.3, -0.25) is 14.0 Å². The summed E-state index contributed by atoms with van der Waals surface area (Å²) in [7, 11) is 1.80. The number of hydrogen-bond acceptors (Lipinski definition) is 6. The number of para-hydroxylation sites is 1. The Morgan fingerprint density at radius 1 is 1.12 bits per heavy atom. The van der Waals surface area contributed by atoms with Gasteiger partial charge in [-0.1, -0.05) is 41.6 Å². The minimum Gasteiger partial charge on any atom is -0.341 e. The van der Waals surface area contributed by atoms with E-state index in [0.29, 0.717) is 22.9 Å². The highest BCUT2D eigenvalue weighted by Crippen LogP contribution is 2.25. The van der Waals surface area contributed by atoms with Gasteiger partial charge in [0.2, 0.25) is 11.7 Å². The minimum atomic E-state index is -0.148. The molecule has 34 heavy (non-hydrogen) atoms. The summed E-state index contributed by atoms with van der Waals surface area (Å²) >= 11 is 2.94. The van der Waals surface area contributed by atoms with E-state index in [-0.39, 0.29) is 17.2 Å². The van der Waals surface area contributed by atoms with Crippen molar-refractivity contribution in [2.45, 2.75) is 25.5 Å². The van der Waals surface area contributed by atoms with Crippen molar-refractivity contribution in [3.05, 3.63) is 86.3 Å². The molecule has 2 aromatic carbocycles. The quantitative estimate of drug-likeness (QED) is 0.329. The maximum absolute atomic E-state index is 13.5. The van der Waals surface area contributed by atoms with E-state index in [9.17, 15) is 9.59 Å². The lowest BCUT2D eigenvalue weighted by atomic mass is 10.1. The summed E-state index contributed by atoms with van der Waals surface area (Å²) in [6.45, 7) is 4.57. The molecule has 0 fully saturated rings. The van der Waals surface area contributed by atoms with Crippen molar-refractivity contribution in [1.29, 1.82) is 0 Å². The third-order valence-corrected chi connectivity index (χ3v) is 7.38. The van der Waals surface area contributed by atoms with Crippen LogP contribution in [0.1, 0.15) is 16.7 Å². The molecule has 0 saturated carbocycles. The molecular formula is C25H23N5O2S2. The fraction of sp³-hybridized carbons (Fsp3) is 0.200. The topological polar surface area (TPSA) is 72.5 Å². The lowest BCUT2D eigenvalue weighted by molar-refractivity contribution is -0.127. The number of amides is 1. The molecule has 0 aliphatic heterocycles. The van der Waals surface area contributed by atoms with E-state index in [0.717, 1.165) is 27.9 Å². The van der Waals surface area contributed by atoms with Crippen LogP contribution in [0.5, 0.6) is 0 Å². The Labute approximate surface area is 204 Å². The second-order valence-electron chi connectivity index (χ2n) is 8.24. The molecule has 5 rings (SSSR count). The second kappa shape index (κ2) is 9.08. The number of thioether (sulfide) groups is 1. The number of carbonyl (C=O) groups excluding carboxylic acids is 1. The first kappa shape index (κ1) is 22.4. The largest absolute Gasteiger partial charge is 0.341 e. The van der Waals surface area contributed by atoms with E-state index >= 15 is 0 Å². The van der Waals surface area contributed by atoms with Gasteiger partial charge < -0.3 is 4.90 Å². The molecule has 0 radical (unpaired) electrons. The van der Waals surface area contributed by atoms with Crippen LogP contribution in [0.4, 0.5) is 0 Å². The minimum absolute atomic E-state index is 0.0000406. The highest BCUT2D eigenvalue weighted by molar-refractivity contribution is 7.99. The number of fused-ring (bicyclic) bond motifs is 3. The summed E-state index contributed by atoms with van der Waals surface area (Å²) in [5.41, 5.74) is 4.54. The summed E-state index contributed by atoms with van der Waals surface area (Å²) in [6.07, 6.45) is 0. The first-order chi connectivity index (χ1) is 16.4. The van der Waals surface area contributed by atoms with Crippen LogP contribution in [0.25, 0.3) is 22.4 Å². The van der Waals surface area contributed by atoms with Crippen LogP contribution in [-0.2, 0) is 11.3 Å². The molecule has 9 heteroatoms. The first-order valence-electron chi connectivity index (χ1n) is 10.8. The van der Waals surface area contributed by atoms with Gasteiger partial charge in [0.15, 0.2) is 5.16 Å². The van der Waals surface area contributed by atoms with Gasteiger partial charge in [0.1, 0.15) is 0 Å². The fourth-order valence-corrected chi connectivity index (χ4v) is 5.57. The number of benzene rings is 2. The summed E-state index contributed by atoms with van der Waals surface area (Å²) in [4.78, 5) is 28.0. The zero-order valence-corrected chi connectivity index (χ0v) is 20.7. The smallest absolute Gasteiger partial charge is 0.267 e. The van der Waals surface area contributed by atoms with Crippen molar-refractivity contribution in [2.24, 2.45) is 0 Å². The number of hydrogen-bond donors (Lipinski definition) is 0. The summed E-state index contributed by atoms with van der Waals surface area (Å²) in [5.74, 6) is 0.649. The van der Waals surface area contributed by atoms with Crippen molar-refractivity contribution < 1.29 is 4.79 Å². The van der Waals surface area contributed by atoms with Gasteiger partial charge in [0.25, 0.3) is 5.56 Å². The van der Waals surface area contributed by atoms with Gasteiger partial charge in [-0.05, 0) is 60.0 Å².